The number of nitrogens with one attached hydrogen (secondary N) is 1. The molecule has 0 saturated heterocycles. The standard InChI is InChI=1S/C18H22FN/c1-4-20-18(12-15-7-5-6-8-17(15)19)16-10-9-13(2)14(3)11-16/h5-11,18,20H,4,12H2,1-3H3. The van der Waals surface area contributed by atoms with Crippen molar-refractivity contribution in [2.75, 3.05) is 6.54 Å². The molecule has 0 radical (unpaired) electrons. The summed E-state index contributed by atoms with van der Waals surface area (Å²) in [6, 6.07) is 13.6. The third-order valence-corrected chi connectivity index (χ3v) is 3.77. The topological polar surface area (TPSA) is 12.0 Å². The lowest BCUT2D eigenvalue weighted by molar-refractivity contribution is 0.527. The Bertz CT molecular complexity index is 577. The van der Waals surface area contributed by atoms with Crippen LogP contribution in [-0.4, -0.2) is 6.54 Å². The number of likely N-dealkylation sites (N-methyl/N-ethyl adjacent to an activating group) is 1. The normalized spacial score (nSPS) is 12.4. The van der Waals surface area contributed by atoms with Crippen molar-refractivity contribution < 1.29 is 4.39 Å². The average molecular weight is 271 g/mol. The molecule has 2 aromatic carbocycles. The summed E-state index contributed by atoms with van der Waals surface area (Å²) in [4.78, 5) is 0. The van der Waals surface area contributed by atoms with Crippen molar-refractivity contribution in [3.8, 4) is 0 Å². The summed E-state index contributed by atoms with van der Waals surface area (Å²) >= 11 is 0. The van der Waals surface area contributed by atoms with Gasteiger partial charge < -0.3 is 5.32 Å². The molecule has 2 heteroatoms. The Balaban J connectivity index is 2.27. The van der Waals surface area contributed by atoms with E-state index in [1.807, 2.05) is 12.1 Å². The Morgan fingerprint density at radius 1 is 1.05 bits per heavy atom. The average Bonchev–Trinajstić information content (AvgIpc) is 2.44. The van der Waals surface area contributed by atoms with E-state index in [1.165, 1.54) is 22.8 Å². The van der Waals surface area contributed by atoms with Crippen LogP contribution in [0.2, 0.25) is 0 Å². The van der Waals surface area contributed by atoms with E-state index >= 15 is 0 Å². The quantitative estimate of drug-likeness (QED) is 0.853. The minimum absolute atomic E-state index is 0.126. The van der Waals surface area contributed by atoms with Gasteiger partial charge >= 0.3 is 0 Å². The van der Waals surface area contributed by atoms with Crippen LogP contribution < -0.4 is 5.32 Å². The minimum atomic E-state index is -0.126. The van der Waals surface area contributed by atoms with Crippen molar-refractivity contribution in [1.82, 2.24) is 5.32 Å². The monoisotopic (exact) mass is 271 g/mol. The lowest BCUT2D eigenvalue weighted by Gasteiger charge is -2.20. The first kappa shape index (κ1) is 14.7. The smallest absolute Gasteiger partial charge is 0.126 e. The van der Waals surface area contributed by atoms with Gasteiger partial charge in [-0.1, -0.05) is 43.3 Å². The second-order valence-electron chi connectivity index (χ2n) is 5.25. The highest BCUT2D eigenvalue weighted by molar-refractivity contribution is 5.33. The van der Waals surface area contributed by atoms with E-state index in [0.717, 1.165) is 12.1 Å². The third-order valence-electron chi connectivity index (χ3n) is 3.77. The summed E-state index contributed by atoms with van der Waals surface area (Å²) < 4.78 is 13.8. The van der Waals surface area contributed by atoms with Crippen LogP contribution in [0, 0.1) is 19.7 Å². The zero-order valence-electron chi connectivity index (χ0n) is 12.4. The predicted molar refractivity (Wildman–Crippen MR) is 82.4 cm³/mol. The van der Waals surface area contributed by atoms with Crippen molar-refractivity contribution in [3.05, 3.63) is 70.5 Å². The van der Waals surface area contributed by atoms with Crippen LogP contribution >= 0.6 is 0 Å². The highest BCUT2D eigenvalue weighted by Gasteiger charge is 2.14. The predicted octanol–water partition coefficient (Wildman–Crippen LogP) is 4.34. The molecule has 0 fully saturated rings. The molecular weight excluding hydrogens is 249 g/mol. The SMILES string of the molecule is CCNC(Cc1ccccc1F)c1ccc(C)c(C)c1. The molecule has 0 amide bonds. The summed E-state index contributed by atoms with van der Waals surface area (Å²) in [5.41, 5.74) is 4.55. The maximum absolute atomic E-state index is 13.8. The van der Waals surface area contributed by atoms with Gasteiger partial charge in [-0.2, -0.15) is 0 Å². The molecule has 2 rings (SSSR count). The number of hydrogen-bond acceptors (Lipinski definition) is 1. The Morgan fingerprint density at radius 3 is 2.45 bits per heavy atom. The Labute approximate surface area is 120 Å². The van der Waals surface area contributed by atoms with Crippen molar-refractivity contribution in [1.29, 1.82) is 0 Å². The van der Waals surface area contributed by atoms with E-state index in [0.29, 0.717) is 6.42 Å². The van der Waals surface area contributed by atoms with Crippen molar-refractivity contribution in [2.24, 2.45) is 0 Å². The molecule has 0 heterocycles. The van der Waals surface area contributed by atoms with E-state index in [2.05, 4.69) is 44.3 Å². The molecule has 106 valence electrons. The zero-order chi connectivity index (χ0) is 14.5. The lowest BCUT2D eigenvalue weighted by atomic mass is 9.95. The lowest BCUT2D eigenvalue weighted by Crippen LogP contribution is -2.23. The summed E-state index contributed by atoms with van der Waals surface area (Å²) in [7, 11) is 0. The first-order valence-corrected chi connectivity index (χ1v) is 7.15. The molecule has 0 aliphatic carbocycles. The fraction of sp³-hybridized carbons (Fsp3) is 0.333. The van der Waals surface area contributed by atoms with Crippen LogP contribution in [0.1, 0.15) is 35.2 Å². The Hall–Kier alpha value is -1.67. The summed E-state index contributed by atoms with van der Waals surface area (Å²) in [5, 5.41) is 3.45. The second kappa shape index (κ2) is 6.67. The first-order chi connectivity index (χ1) is 9.61. The molecule has 0 bridgehead atoms. The van der Waals surface area contributed by atoms with Gasteiger partial charge in [0, 0.05) is 6.04 Å². The number of halogens is 1. The minimum Gasteiger partial charge on any atom is -0.310 e. The van der Waals surface area contributed by atoms with Crippen LogP contribution in [0.4, 0.5) is 4.39 Å². The molecule has 20 heavy (non-hydrogen) atoms. The number of aryl methyl sites for hydroxylation is 2. The van der Waals surface area contributed by atoms with Gasteiger partial charge in [0.2, 0.25) is 0 Å². The largest absolute Gasteiger partial charge is 0.310 e. The van der Waals surface area contributed by atoms with Crippen LogP contribution in [0.15, 0.2) is 42.5 Å². The molecular formula is C18H22FN. The molecule has 1 atom stereocenters. The Kier molecular flexibility index (Phi) is 4.91. The van der Waals surface area contributed by atoms with Gasteiger partial charge in [-0.25, -0.2) is 4.39 Å². The number of benzene rings is 2. The molecule has 0 spiro atoms. The molecule has 0 aromatic heterocycles. The fourth-order valence-corrected chi connectivity index (χ4v) is 2.42. The molecule has 0 aliphatic heterocycles. The fourth-order valence-electron chi connectivity index (χ4n) is 2.42. The highest BCUT2D eigenvalue weighted by Crippen LogP contribution is 2.22. The molecule has 1 nitrogen and oxygen atoms in total. The Morgan fingerprint density at radius 2 is 1.80 bits per heavy atom. The number of rotatable bonds is 5. The maximum Gasteiger partial charge on any atom is 0.126 e. The third kappa shape index (κ3) is 3.45. The van der Waals surface area contributed by atoms with E-state index < -0.39 is 0 Å². The van der Waals surface area contributed by atoms with E-state index in [9.17, 15) is 4.39 Å². The zero-order valence-corrected chi connectivity index (χ0v) is 12.4. The van der Waals surface area contributed by atoms with E-state index in [-0.39, 0.29) is 11.9 Å². The summed E-state index contributed by atoms with van der Waals surface area (Å²) in [5.74, 6) is -0.126. The van der Waals surface area contributed by atoms with Crippen LogP contribution in [-0.2, 0) is 6.42 Å². The van der Waals surface area contributed by atoms with Gasteiger partial charge in [-0.05, 0) is 55.1 Å². The van der Waals surface area contributed by atoms with Gasteiger partial charge in [0.1, 0.15) is 5.82 Å². The summed E-state index contributed by atoms with van der Waals surface area (Å²) in [6.45, 7) is 7.17. The van der Waals surface area contributed by atoms with Gasteiger partial charge in [0.25, 0.3) is 0 Å². The van der Waals surface area contributed by atoms with E-state index in [4.69, 9.17) is 0 Å². The van der Waals surface area contributed by atoms with Crippen LogP contribution in [0.5, 0.6) is 0 Å². The van der Waals surface area contributed by atoms with Gasteiger partial charge in [0.15, 0.2) is 0 Å². The number of hydrogen-bond donors (Lipinski definition) is 1. The summed E-state index contributed by atoms with van der Waals surface area (Å²) in [6.07, 6.45) is 0.670. The van der Waals surface area contributed by atoms with E-state index in [1.54, 1.807) is 6.07 Å². The molecule has 0 saturated carbocycles. The van der Waals surface area contributed by atoms with Gasteiger partial charge in [-0.15, -0.1) is 0 Å². The van der Waals surface area contributed by atoms with Crippen LogP contribution in [0.25, 0.3) is 0 Å². The van der Waals surface area contributed by atoms with Crippen molar-refractivity contribution in [3.63, 3.8) is 0 Å². The maximum atomic E-state index is 13.8. The molecule has 1 unspecified atom stereocenters. The van der Waals surface area contributed by atoms with Gasteiger partial charge in [-0.3, -0.25) is 0 Å². The second-order valence-corrected chi connectivity index (χ2v) is 5.25. The van der Waals surface area contributed by atoms with Crippen LogP contribution in [0.3, 0.4) is 0 Å². The highest BCUT2D eigenvalue weighted by atomic mass is 19.1. The molecule has 0 aliphatic rings. The molecule has 1 N–H and O–H groups in total. The first-order valence-electron chi connectivity index (χ1n) is 7.15. The van der Waals surface area contributed by atoms with Crippen molar-refractivity contribution in [2.45, 2.75) is 33.2 Å². The molecule has 2 aromatic rings. The van der Waals surface area contributed by atoms with Gasteiger partial charge in [0.05, 0.1) is 0 Å². The van der Waals surface area contributed by atoms with Crippen molar-refractivity contribution >= 4 is 0 Å².